The molecule has 2 saturated heterocycles. The summed E-state index contributed by atoms with van der Waals surface area (Å²) in [6, 6.07) is 7.39. The van der Waals surface area contributed by atoms with Crippen LogP contribution in [-0.4, -0.2) is 132 Å². The molecule has 0 saturated carbocycles. The Kier molecular flexibility index (Phi) is 11.2. The summed E-state index contributed by atoms with van der Waals surface area (Å²) in [6.45, 7) is 0.252. The summed E-state index contributed by atoms with van der Waals surface area (Å²) in [5.41, 5.74) is 0.497. The largest absolute Gasteiger partial charge is 0.504 e. The Bertz CT molecular complexity index is 1340. The van der Waals surface area contributed by atoms with Crippen molar-refractivity contribution in [1.29, 1.82) is 0 Å². The summed E-state index contributed by atoms with van der Waals surface area (Å²) in [7, 11) is 0. The van der Waals surface area contributed by atoms with Gasteiger partial charge in [0.2, 0.25) is 0 Å². The maximum absolute atomic E-state index is 12.4. The molecule has 45 heavy (non-hydrogen) atoms. The summed E-state index contributed by atoms with van der Waals surface area (Å²) in [5.74, 6) is -2.58. The predicted molar refractivity (Wildman–Crippen MR) is 148 cm³/mol. The van der Waals surface area contributed by atoms with E-state index in [0.29, 0.717) is 5.56 Å². The van der Waals surface area contributed by atoms with Crippen LogP contribution in [0.15, 0.2) is 42.5 Å². The van der Waals surface area contributed by atoms with E-state index in [1.54, 1.807) is 0 Å². The number of hydrogen-bond acceptors (Lipinski definition) is 16. The van der Waals surface area contributed by atoms with Gasteiger partial charge in [-0.1, -0.05) is 12.1 Å². The molecule has 0 aromatic heterocycles. The number of aliphatic hydroxyl groups excluding tert-OH is 6. The lowest BCUT2D eigenvalue weighted by molar-refractivity contribution is -0.358. The molecule has 2 aromatic carbocycles. The standard InChI is InChI=1S/C29H36O16/c1-12-22(36)24(38)25(39)29(43-12)45-27-23(37)20(11-41-21(35)7-3-13-2-5-15(30)17(32)8-13)44-28(26(27)40)42-10-19(34)14-4-6-16(31)18(33)9-14/h2-9,12,19-20,22-34,36-40H,10-11H2,1H3/b7-3+/t12-,19+,20+,22-,23+,24+,25+,26+,27-,28+,29-/m0/s1. The molecule has 0 bridgehead atoms. The molecule has 11 atom stereocenters. The average molecular weight is 641 g/mol. The van der Waals surface area contributed by atoms with Gasteiger partial charge >= 0.3 is 5.97 Å². The van der Waals surface area contributed by atoms with Gasteiger partial charge in [-0.3, -0.25) is 0 Å². The van der Waals surface area contributed by atoms with Crippen molar-refractivity contribution in [3.05, 3.63) is 53.6 Å². The number of benzene rings is 2. The van der Waals surface area contributed by atoms with E-state index < -0.39 is 104 Å². The molecule has 10 N–H and O–H groups in total. The Hall–Kier alpha value is -3.55. The highest BCUT2D eigenvalue weighted by Crippen LogP contribution is 2.32. The minimum Gasteiger partial charge on any atom is -0.504 e. The van der Waals surface area contributed by atoms with Crippen molar-refractivity contribution in [3.63, 3.8) is 0 Å². The van der Waals surface area contributed by atoms with Gasteiger partial charge in [-0.2, -0.15) is 0 Å². The number of hydrogen-bond donors (Lipinski definition) is 10. The van der Waals surface area contributed by atoms with Gasteiger partial charge in [0, 0.05) is 6.08 Å². The van der Waals surface area contributed by atoms with Gasteiger partial charge in [-0.05, 0) is 48.4 Å². The van der Waals surface area contributed by atoms with Crippen LogP contribution >= 0.6 is 0 Å². The summed E-state index contributed by atoms with van der Waals surface area (Å²) in [6.07, 6.45) is -14.9. The lowest BCUT2D eigenvalue weighted by Gasteiger charge is -2.45. The minimum atomic E-state index is -1.80. The summed E-state index contributed by atoms with van der Waals surface area (Å²) < 4.78 is 27.4. The number of carbonyl (C=O) groups is 1. The molecule has 2 fully saturated rings. The smallest absolute Gasteiger partial charge is 0.330 e. The Morgan fingerprint density at radius 2 is 1.49 bits per heavy atom. The fourth-order valence-corrected chi connectivity index (χ4v) is 4.67. The number of ether oxygens (including phenoxy) is 5. The SMILES string of the molecule is C[C@@H]1O[C@@H](O[C@@H]2[C@@H](O)[C@H](OC[C@@H](O)c3ccc(O)c(O)c3)O[C@H](COC(=O)/C=C/c3ccc(O)c(O)c3)[C@H]2O)[C@H](O)[C@H](O)[C@H]1O. The maximum atomic E-state index is 12.4. The number of esters is 1. The van der Waals surface area contributed by atoms with Gasteiger partial charge in [-0.25, -0.2) is 4.79 Å². The molecule has 0 radical (unpaired) electrons. The second kappa shape index (κ2) is 14.7. The Morgan fingerprint density at radius 3 is 2.16 bits per heavy atom. The van der Waals surface area contributed by atoms with Crippen LogP contribution in [0.3, 0.4) is 0 Å². The molecule has 4 rings (SSSR count). The zero-order chi connectivity index (χ0) is 33.0. The molecule has 2 aliphatic rings. The molecular weight excluding hydrogens is 604 g/mol. The molecule has 0 unspecified atom stereocenters. The van der Waals surface area contributed by atoms with E-state index in [4.69, 9.17) is 23.7 Å². The molecule has 248 valence electrons. The lowest BCUT2D eigenvalue weighted by Crippen LogP contribution is -2.64. The fraction of sp³-hybridized carbons (Fsp3) is 0.483. The van der Waals surface area contributed by atoms with Crippen LogP contribution in [0.1, 0.15) is 24.2 Å². The number of phenolic OH excluding ortho intramolecular Hbond substituents is 4. The van der Waals surface area contributed by atoms with Crippen molar-refractivity contribution in [2.75, 3.05) is 13.2 Å². The van der Waals surface area contributed by atoms with Gasteiger partial charge in [0.15, 0.2) is 35.6 Å². The van der Waals surface area contributed by atoms with Crippen LogP contribution in [0.2, 0.25) is 0 Å². The second-order valence-electron chi connectivity index (χ2n) is 10.6. The zero-order valence-corrected chi connectivity index (χ0v) is 23.8. The molecule has 0 spiro atoms. The third-order valence-electron chi connectivity index (χ3n) is 7.35. The van der Waals surface area contributed by atoms with Crippen molar-refractivity contribution in [3.8, 4) is 23.0 Å². The van der Waals surface area contributed by atoms with Crippen LogP contribution in [-0.2, 0) is 28.5 Å². The average Bonchev–Trinajstić information content (AvgIpc) is 3.01. The third-order valence-corrected chi connectivity index (χ3v) is 7.35. The molecule has 0 aliphatic carbocycles. The van der Waals surface area contributed by atoms with E-state index in [0.717, 1.165) is 18.2 Å². The van der Waals surface area contributed by atoms with Crippen LogP contribution < -0.4 is 0 Å². The first-order valence-corrected chi connectivity index (χ1v) is 13.8. The van der Waals surface area contributed by atoms with Gasteiger partial charge in [0.05, 0.1) is 12.7 Å². The number of rotatable bonds is 10. The van der Waals surface area contributed by atoms with Gasteiger partial charge in [0.25, 0.3) is 0 Å². The van der Waals surface area contributed by atoms with Crippen molar-refractivity contribution >= 4 is 12.0 Å². The minimum absolute atomic E-state index is 0.142. The fourth-order valence-electron chi connectivity index (χ4n) is 4.67. The van der Waals surface area contributed by atoms with Crippen LogP contribution in [0, 0.1) is 0 Å². The van der Waals surface area contributed by atoms with Crippen LogP contribution in [0.5, 0.6) is 23.0 Å². The first kappa shape index (κ1) is 34.3. The van der Waals surface area contributed by atoms with E-state index in [1.807, 2.05) is 0 Å². The van der Waals surface area contributed by atoms with E-state index >= 15 is 0 Å². The topological polar surface area (TPSA) is 266 Å². The molecule has 2 aromatic rings. The first-order valence-electron chi connectivity index (χ1n) is 13.8. The highest BCUT2D eigenvalue weighted by atomic mass is 16.7. The predicted octanol–water partition coefficient (Wildman–Crippen LogP) is -1.53. The van der Waals surface area contributed by atoms with Crippen molar-refractivity contribution in [1.82, 2.24) is 0 Å². The quantitative estimate of drug-likeness (QED) is 0.0802. The Morgan fingerprint density at radius 1 is 0.822 bits per heavy atom. The monoisotopic (exact) mass is 640 g/mol. The van der Waals surface area contributed by atoms with Crippen molar-refractivity contribution in [2.24, 2.45) is 0 Å². The highest BCUT2D eigenvalue weighted by Gasteiger charge is 2.50. The van der Waals surface area contributed by atoms with Gasteiger partial charge < -0.3 is 74.7 Å². The van der Waals surface area contributed by atoms with E-state index in [1.165, 1.54) is 37.3 Å². The third kappa shape index (κ3) is 8.19. The lowest BCUT2D eigenvalue weighted by atomic mass is 9.97. The van der Waals surface area contributed by atoms with Crippen molar-refractivity contribution < 1.29 is 79.5 Å². The van der Waals surface area contributed by atoms with E-state index in [9.17, 15) is 55.9 Å². The molecule has 16 nitrogen and oxygen atoms in total. The first-order chi connectivity index (χ1) is 21.3. The highest BCUT2D eigenvalue weighted by molar-refractivity contribution is 5.87. The molecule has 2 heterocycles. The molecule has 0 amide bonds. The van der Waals surface area contributed by atoms with Crippen molar-refractivity contribution in [2.45, 2.75) is 74.4 Å². The van der Waals surface area contributed by atoms with E-state index in [-0.39, 0.29) is 11.3 Å². The van der Waals surface area contributed by atoms with Gasteiger partial charge in [-0.15, -0.1) is 0 Å². The molecular formula is C29H36O16. The number of aromatic hydroxyl groups is 4. The Labute approximate surface area is 256 Å². The molecule has 2 aliphatic heterocycles. The van der Waals surface area contributed by atoms with E-state index in [2.05, 4.69) is 0 Å². The van der Waals surface area contributed by atoms with Gasteiger partial charge in [0.1, 0.15) is 55.4 Å². The molecule has 16 heteroatoms. The Balaban J connectivity index is 1.47. The second-order valence-corrected chi connectivity index (χ2v) is 10.6. The summed E-state index contributed by atoms with van der Waals surface area (Å²) in [5, 5.41) is 101. The number of carbonyl (C=O) groups excluding carboxylic acids is 1. The maximum Gasteiger partial charge on any atom is 0.330 e. The zero-order valence-electron chi connectivity index (χ0n) is 23.8. The van der Waals surface area contributed by atoms with Crippen LogP contribution in [0.25, 0.3) is 6.08 Å². The summed E-state index contributed by atoms with van der Waals surface area (Å²) >= 11 is 0. The normalized spacial score (nSPS) is 32.8. The summed E-state index contributed by atoms with van der Waals surface area (Å²) in [4.78, 5) is 12.4. The number of aliphatic hydroxyl groups is 6. The number of phenols is 4. The van der Waals surface area contributed by atoms with Crippen LogP contribution in [0.4, 0.5) is 0 Å².